The summed E-state index contributed by atoms with van der Waals surface area (Å²) in [5.74, 6) is 1.77. The van der Waals surface area contributed by atoms with E-state index in [-0.39, 0.29) is 24.3 Å². The summed E-state index contributed by atoms with van der Waals surface area (Å²) in [6.45, 7) is 1.96. The van der Waals surface area contributed by atoms with Gasteiger partial charge < -0.3 is 15.0 Å². The van der Waals surface area contributed by atoms with Crippen LogP contribution in [0.3, 0.4) is 0 Å². The van der Waals surface area contributed by atoms with Crippen LogP contribution in [0.15, 0.2) is 65.6 Å². The van der Waals surface area contributed by atoms with E-state index in [2.05, 4.69) is 17.4 Å². The molecule has 3 rings (SSSR count). The van der Waals surface area contributed by atoms with E-state index in [1.165, 1.54) is 4.90 Å². The molecular weight excluding hydrogens is 384 g/mol. The van der Waals surface area contributed by atoms with Crippen molar-refractivity contribution in [2.45, 2.75) is 24.2 Å². The molecule has 2 aromatic rings. The number of nitrogens with zero attached hydrogens (tertiary/aromatic N) is 1. The van der Waals surface area contributed by atoms with E-state index in [1.54, 1.807) is 16.7 Å². The molecular formula is C23H28N2O3S. The molecule has 29 heavy (non-hydrogen) atoms. The molecule has 5 nitrogen and oxygen atoms in total. The van der Waals surface area contributed by atoms with Gasteiger partial charge in [0, 0.05) is 30.4 Å². The Morgan fingerprint density at radius 3 is 2.34 bits per heavy atom. The summed E-state index contributed by atoms with van der Waals surface area (Å²) in [6, 6.07) is 19.6. The van der Waals surface area contributed by atoms with Gasteiger partial charge in [0.15, 0.2) is 6.61 Å². The fourth-order valence-corrected chi connectivity index (χ4v) is 4.15. The SMILES string of the molecule is O=C(NCCCSc1ccccc1)C1CCN(C(=O)COc2ccccc2)CC1. The number of amides is 2. The largest absolute Gasteiger partial charge is 0.484 e. The molecule has 6 heteroatoms. The summed E-state index contributed by atoms with van der Waals surface area (Å²) in [6.07, 6.45) is 2.36. The van der Waals surface area contributed by atoms with Crippen LogP contribution >= 0.6 is 11.8 Å². The summed E-state index contributed by atoms with van der Waals surface area (Å²) in [5.41, 5.74) is 0. The molecule has 1 heterocycles. The zero-order valence-corrected chi connectivity index (χ0v) is 17.4. The van der Waals surface area contributed by atoms with Crippen molar-refractivity contribution in [1.82, 2.24) is 10.2 Å². The third kappa shape index (κ3) is 7.13. The standard InChI is InChI=1S/C23H28N2O3S/c26-22(18-28-20-8-3-1-4-9-20)25-15-12-19(13-16-25)23(27)24-14-7-17-29-21-10-5-2-6-11-21/h1-6,8-11,19H,7,12-18H2,(H,24,27). The smallest absolute Gasteiger partial charge is 0.260 e. The number of piperidine rings is 1. The van der Waals surface area contributed by atoms with Gasteiger partial charge in [-0.3, -0.25) is 9.59 Å². The number of ether oxygens (including phenoxy) is 1. The summed E-state index contributed by atoms with van der Waals surface area (Å²) in [4.78, 5) is 27.7. The predicted molar refractivity (Wildman–Crippen MR) is 116 cm³/mol. The van der Waals surface area contributed by atoms with Crippen LogP contribution in [0.4, 0.5) is 0 Å². The topological polar surface area (TPSA) is 58.6 Å². The van der Waals surface area contributed by atoms with Gasteiger partial charge >= 0.3 is 0 Å². The van der Waals surface area contributed by atoms with E-state index < -0.39 is 0 Å². The molecule has 0 bridgehead atoms. The first-order valence-corrected chi connectivity index (χ1v) is 11.1. The lowest BCUT2D eigenvalue weighted by molar-refractivity contribution is -0.137. The lowest BCUT2D eigenvalue weighted by atomic mass is 9.96. The Kier molecular flexibility index (Phi) is 8.43. The molecule has 1 aliphatic rings. The second kappa shape index (κ2) is 11.5. The fourth-order valence-electron chi connectivity index (χ4n) is 3.28. The molecule has 1 N–H and O–H groups in total. The number of carbonyl (C=O) groups excluding carboxylic acids is 2. The first kappa shape index (κ1) is 21.2. The minimum Gasteiger partial charge on any atom is -0.484 e. The summed E-state index contributed by atoms with van der Waals surface area (Å²) >= 11 is 1.81. The highest BCUT2D eigenvalue weighted by Gasteiger charge is 2.27. The van der Waals surface area contributed by atoms with Gasteiger partial charge in [-0.05, 0) is 49.3 Å². The van der Waals surface area contributed by atoms with Crippen LogP contribution in [0, 0.1) is 5.92 Å². The Labute approximate surface area is 176 Å². The third-order valence-electron chi connectivity index (χ3n) is 4.96. The Morgan fingerprint density at radius 2 is 1.66 bits per heavy atom. The number of benzene rings is 2. The molecule has 0 atom stereocenters. The maximum absolute atomic E-state index is 12.4. The summed E-state index contributed by atoms with van der Waals surface area (Å²) < 4.78 is 5.53. The van der Waals surface area contributed by atoms with Crippen LogP contribution in [0.25, 0.3) is 0 Å². The molecule has 1 fully saturated rings. The van der Waals surface area contributed by atoms with E-state index >= 15 is 0 Å². The number of nitrogens with one attached hydrogen (secondary N) is 1. The molecule has 2 amide bonds. The number of rotatable bonds is 9. The van der Waals surface area contributed by atoms with Crippen molar-refractivity contribution >= 4 is 23.6 Å². The molecule has 0 unspecified atom stereocenters. The Bertz CT molecular complexity index is 762. The van der Waals surface area contributed by atoms with Gasteiger partial charge in [-0.15, -0.1) is 11.8 Å². The quantitative estimate of drug-likeness (QED) is 0.505. The van der Waals surface area contributed by atoms with Crippen molar-refractivity contribution in [3.63, 3.8) is 0 Å². The molecule has 0 aliphatic carbocycles. The third-order valence-corrected chi connectivity index (χ3v) is 6.05. The van der Waals surface area contributed by atoms with Crippen LogP contribution in [0.5, 0.6) is 5.75 Å². The monoisotopic (exact) mass is 412 g/mol. The normalized spacial score (nSPS) is 14.4. The van der Waals surface area contributed by atoms with Crippen LogP contribution < -0.4 is 10.1 Å². The van der Waals surface area contributed by atoms with Crippen molar-refractivity contribution in [1.29, 1.82) is 0 Å². The number of hydrogen-bond donors (Lipinski definition) is 1. The van der Waals surface area contributed by atoms with Crippen molar-refractivity contribution in [3.05, 3.63) is 60.7 Å². The van der Waals surface area contributed by atoms with E-state index in [9.17, 15) is 9.59 Å². The van der Waals surface area contributed by atoms with Crippen LogP contribution in [-0.2, 0) is 9.59 Å². The lowest BCUT2D eigenvalue weighted by Gasteiger charge is -2.31. The van der Waals surface area contributed by atoms with E-state index in [4.69, 9.17) is 4.74 Å². The minimum absolute atomic E-state index is 0.00383. The summed E-state index contributed by atoms with van der Waals surface area (Å²) in [7, 11) is 0. The van der Waals surface area contributed by atoms with Gasteiger partial charge in [0.05, 0.1) is 0 Å². The minimum atomic E-state index is -0.0225. The Morgan fingerprint density at radius 1 is 1.00 bits per heavy atom. The average Bonchev–Trinajstić information content (AvgIpc) is 2.78. The zero-order chi connectivity index (χ0) is 20.3. The van der Waals surface area contributed by atoms with Gasteiger partial charge in [0.2, 0.25) is 5.91 Å². The Hall–Kier alpha value is -2.47. The number of para-hydroxylation sites is 1. The first-order chi connectivity index (χ1) is 14.2. The van der Waals surface area contributed by atoms with E-state index in [0.29, 0.717) is 38.2 Å². The first-order valence-electron chi connectivity index (χ1n) is 10.1. The van der Waals surface area contributed by atoms with Crippen molar-refractivity contribution in [3.8, 4) is 5.75 Å². The number of hydrogen-bond acceptors (Lipinski definition) is 4. The van der Waals surface area contributed by atoms with Gasteiger partial charge in [-0.25, -0.2) is 0 Å². The molecule has 0 aromatic heterocycles. The highest BCUT2D eigenvalue weighted by atomic mass is 32.2. The Balaban J connectivity index is 1.28. The molecule has 2 aromatic carbocycles. The second-order valence-corrected chi connectivity index (χ2v) is 8.23. The molecule has 1 aliphatic heterocycles. The van der Waals surface area contributed by atoms with Gasteiger partial charge in [0.25, 0.3) is 5.91 Å². The van der Waals surface area contributed by atoms with Gasteiger partial charge in [0.1, 0.15) is 5.75 Å². The number of carbonyl (C=O) groups is 2. The van der Waals surface area contributed by atoms with Crippen molar-refractivity contribution < 1.29 is 14.3 Å². The number of likely N-dealkylation sites (tertiary alicyclic amines) is 1. The highest BCUT2D eigenvalue weighted by Crippen LogP contribution is 2.19. The van der Waals surface area contributed by atoms with Crippen LogP contribution in [0.1, 0.15) is 19.3 Å². The van der Waals surface area contributed by atoms with Crippen LogP contribution in [-0.4, -0.2) is 48.7 Å². The molecule has 0 radical (unpaired) electrons. The summed E-state index contributed by atoms with van der Waals surface area (Å²) in [5, 5.41) is 3.05. The zero-order valence-electron chi connectivity index (χ0n) is 16.6. The molecule has 154 valence electrons. The van der Waals surface area contributed by atoms with Crippen LogP contribution in [0.2, 0.25) is 0 Å². The average molecular weight is 413 g/mol. The molecule has 1 saturated heterocycles. The lowest BCUT2D eigenvalue weighted by Crippen LogP contribution is -2.44. The van der Waals surface area contributed by atoms with Crippen molar-refractivity contribution in [2.75, 3.05) is 32.0 Å². The fraction of sp³-hybridized carbons (Fsp3) is 0.391. The van der Waals surface area contributed by atoms with E-state index in [1.807, 2.05) is 48.5 Å². The van der Waals surface area contributed by atoms with Gasteiger partial charge in [-0.2, -0.15) is 0 Å². The van der Waals surface area contributed by atoms with E-state index in [0.717, 1.165) is 12.2 Å². The maximum atomic E-state index is 12.4. The predicted octanol–water partition coefficient (Wildman–Crippen LogP) is 3.60. The van der Waals surface area contributed by atoms with Crippen molar-refractivity contribution in [2.24, 2.45) is 5.92 Å². The molecule has 0 spiro atoms. The highest BCUT2D eigenvalue weighted by molar-refractivity contribution is 7.99. The second-order valence-electron chi connectivity index (χ2n) is 7.06. The van der Waals surface area contributed by atoms with Gasteiger partial charge in [-0.1, -0.05) is 36.4 Å². The molecule has 0 saturated carbocycles. The number of thioether (sulfide) groups is 1. The maximum Gasteiger partial charge on any atom is 0.260 e.